The van der Waals surface area contributed by atoms with E-state index in [1.807, 2.05) is 291 Å². The van der Waals surface area contributed by atoms with Gasteiger partial charge in [0.05, 0.1) is 84.7 Å². The predicted molar refractivity (Wildman–Crippen MR) is 608 cm³/mol. The van der Waals surface area contributed by atoms with Gasteiger partial charge in [-0.15, -0.1) is 48.5 Å². The fourth-order valence-electron chi connectivity index (χ4n) is 14.8. The zero-order chi connectivity index (χ0) is 106. The van der Waals surface area contributed by atoms with Gasteiger partial charge in [-0.1, -0.05) is 366 Å². The maximum absolute atomic E-state index is 11.1. The molecule has 0 aliphatic heterocycles. The second-order valence-corrected chi connectivity index (χ2v) is 41.4. The third-order valence-electron chi connectivity index (χ3n) is 23.0. The van der Waals surface area contributed by atoms with Gasteiger partial charge in [-0.3, -0.25) is 0 Å². The molecule has 0 bridgehead atoms. The molecule has 16 aromatic carbocycles. The van der Waals surface area contributed by atoms with E-state index in [9.17, 15) is 20.4 Å². The first kappa shape index (κ1) is 117. The number of benzene rings is 16. The summed E-state index contributed by atoms with van der Waals surface area (Å²) < 4.78 is 22.1. The Morgan fingerprint density at radius 2 is 0.347 bits per heavy atom. The first-order valence-electron chi connectivity index (χ1n) is 46.9. The molecule has 0 saturated heterocycles. The van der Waals surface area contributed by atoms with Gasteiger partial charge in [0.2, 0.25) is 23.3 Å². The van der Waals surface area contributed by atoms with Crippen LogP contribution in [0.2, 0.25) is 40.2 Å². The minimum atomic E-state index is -0.152. The summed E-state index contributed by atoms with van der Waals surface area (Å²) in [6.07, 6.45) is 0. The van der Waals surface area contributed by atoms with Gasteiger partial charge in [-0.25, -0.2) is 0 Å². The van der Waals surface area contributed by atoms with Gasteiger partial charge in [0.15, 0.2) is 0 Å². The summed E-state index contributed by atoms with van der Waals surface area (Å²) in [5.74, 6) is 2.16. The van der Waals surface area contributed by atoms with Gasteiger partial charge in [0.1, 0.15) is 23.0 Å². The van der Waals surface area contributed by atoms with Crippen molar-refractivity contribution in [2.45, 2.75) is 105 Å². The third kappa shape index (κ3) is 31.1. The van der Waals surface area contributed by atoms with Crippen LogP contribution in [0.5, 0.6) is 23.0 Å². The zero-order valence-corrected chi connectivity index (χ0v) is 96.6. The number of nitrogens with zero attached hydrogens (tertiary/aromatic N) is 8. The molecule has 4 heterocycles. The second kappa shape index (κ2) is 53.5. The Hall–Kier alpha value is -13.2. The molecule has 26 heteroatoms. The van der Waals surface area contributed by atoms with E-state index in [0.717, 1.165) is 66.8 Å². The van der Waals surface area contributed by atoms with Crippen molar-refractivity contribution in [3.05, 3.63) is 476 Å². The van der Waals surface area contributed by atoms with Crippen molar-refractivity contribution in [2.75, 3.05) is 0 Å². The number of hydrogen-bond donors (Lipinski definition) is 4. The second-order valence-electron chi connectivity index (χ2n) is 38.2. The van der Waals surface area contributed by atoms with Gasteiger partial charge in [-0.05, 0) is 163 Å². The summed E-state index contributed by atoms with van der Waals surface area (Å²) in [5.41, 5.74) is 18.0. The van der Waals surface area contributed by atoms with Crippen molar-refractivity contribution in [1.82, 2.24) is 40.6 Å². The first-order valence-corrected chi connectivity index (χ1v) is 50.0. The van der Waals surface area contributed by atoms with E-state index in [2.05, 4.69) is 151 Å². The van der Waals surface area contributed by atoms with E-state index in [0.29, 0.717) is 107 Å². The van der Waals surface area contributed by atoms with Crippen LogP contribution in [0.25, 0.3) is 136 Å². The summed E-state index contributed by atoms with van der Waals surface area (Å²) in [5, 5.41) is 64.0. The molecule has 16 nitrogen and oxygen atoms in total. The topological polar surface area (TPSA) is 237 Å². The van der Waals surface area contributed by atoms with Gasteiger partial charge in [0, 0.05) is 48.1 Å². The summed E-state index contributed by atoms with van der Waals surface area (Å²) >= 11 is 50.3. The summed E-state index contributed by atoms with van der Waals surface area (Å²) in [4.78, 5) is 17.9. The maximum Gasteiger partial charge on any atom is 2.00 e. The molecular weight excluding hydrogens is 2280 g/mol. The predicted octanol–water partition coefficient (Wildman–Crippen LogP) is 37.0. The molecule has 0 saturated carbocycles. The number of aromatic hydroxyl groups is 4. The molecule has 4 aromatic heterocycles. The monoisotopic (exact) mass is 2390 g/mol. The van der Waals surface area contributed by atoms with E-state index in [1.165, 1.54) is 0 Å². The van der Waals surface area contributed by atoms with Gasteiger partial charge >= 0.3 is 26.2 Å². The molecule has 0 aliphatic rings. The summed E-state index contributed by atoms with van der Waals surface area (Å²) in [7, 11) is 0. The quantitative estimate of drug-likeness (QED) is 0.0657. The fraction of sp³-hybridized carbons (Fsp3) is 0.129. The van der Waals surface area contributed by atoms with Crippen LogP contribution in [-0.2, 0) is 73.7 Å². The van der Waals surface area contributed by atoms with Crippen LogP contribution in [-0.4, -0.2) is 61.0 Å². The minimum Gasteiger partial charge on any atom is -0.506 e. The molecule has 0 radical (unpaired) electrons. The molecule has 758 valence electrons. The van der Waals surface area contributed by atoms with Crippen molar-refractivity contribution in [3.8, 4) is 159 Å². The summed E-state index contributed by atoms with van der Waals surface area (Å²) in [6.45, 7) is 40.2. The van der Waals surface area contributed by atoms with E-state index < -0.39 is 0 Å². The van der Waals surface area contributed by atoms with E-state index >= 15 is 0 Å². The Balaban J connectivity index is 0.000000173. The van der Waals surface area contributed by atoms with Crippen molar-refractivity contribution in [2.24, 2.45) is 0 Å². The molecular formula is C124H108Cl8HfN8O8Zr-2. The summed E-state index contributed by atoms with van der Waals surface area (Å²) in [6, 6.07) is 115. The molecule has 0 fully saturated rings. The van der Waals surface area contributed by atoms with Crippen LogP contribution < -0.4 is 0 Å². The maximum atomic E-state index is 11.1. The Bertz CT molecular complexity index is 6820. The average molecular weight is 2390 g/mol. The molecule has 0 aliphatic carbocycles. The number of aromatic nitrogens is 8. The van der Waals surface area contributed by atoms with Crippen LogP contribution in [0.1, 0.15) is 128 Å². The zero-order valence-electron chi connectivity index (χ0n) is 84.5. The van der Waals surface area contributed by atoms with Gasteiger partial charge < -0.3 is 38.5 Å². The molecule has 20 rings (SSSR count). The molecule has 0 spiro atoms. The number of rotatable bonds is 12. The molecule has 0 unspecified atom stereocenters. The fourth-order valence-corrected chi connectivity index (χ4v) is 17.0. The van der Waals surface area contributed by atoms with E-state index in [4.69, 9.17) is 111 Å². The number of phenols is 4. The molecule has 0 atom stereocenters. The Morgan fingerprint density at radius 1 is 0.207 bits per heavy atom. The normalized spacial score (nSPS) is 10.9. The average Bonchev–Trinajstić information content (AvgIpc) is 1.61. The Labute approximate surface area is 954 Å². The minimum absolute atomic E-state index is 0. The van der Waals surface area contributed by atoms with Crippen LogP contribution in [0.4, 0.5) is 0 Å². The van der Waals surface area contributed by atoms with Gasteiger partial charge in [-0.2, -0.15) is 118 Å². The van der Waals surface area contributed by atoms with Crippen molar-refractivity contribution in [1.29, 1.82) is 0 Å². The van der Waals surface area contributed by atoms with Crippen LogP contribution in [0.3, 0.4) is 0 Å². The van der Waals surface area contributed by atoms with Crippen molar-refractivity contribution >= 4 is 92.8 Å². The van der Waals surface area contributed by atoms with Crippen LogP contribution in [0, 0.1) is 27.7 Å². The number of hydrogen-bond acceptors (Lipinski definition) is 16. The Morgan fingerprint density at radius 3 is 0.480 bits per heavy atom. The van der Waals surface area contributed by atoms with Crippen molar-refractivity contribution < 1.29 is 90.6 Å². The molecule has 0 amide bonds. The van der Waals surface area contributed by atoms with E-state index in [1.54, 1.807) is 72.8 Å². The largest absolute Gasteiger partial charge is 2.00 e. The smallest absolute Gasteiger partial charge is 0.506 e. The Kier molecular flexibility index (Phi) is 41.8. The standard InChI is InChI=1S/4C24H20Cl2N2O2.4C7H7.Hf.Zr/c4*1-24(2,3)15-12-16(14-8-5-4-6-9-14)21(29)17(13-15)23-27-22(28-30-23)20-18(25)10-7-11-19(20)26;4*1-7-5-3-2-4-6-7;;/h4*4-13,29H,1-3H3;4*2-6H,1H2;;/q;;;;4*-1;;+2. The number of phenolic OH excluding ortho intramolecular Hbond substituents is 4. The van der Waals surface area contributed by atoms with E-state index in [-0.39, 0.29) is 144 Å². The van der Waals surface area contributed by atoms with Crippen LogP contribution >= 0.6 is 92.8 Å². The van der Waals surface area contributed by atoms with Gasteiger partial charge in [0.25, 0.3) is 23.6 Å². The molecule has 20 aromatic rings. The number of halogens is 8. The van der Waals surface area contributed by atoms with Crippen LogP contribution in [0.15, 0.2) is 382 Å². The first-order chi connectivity index (χ1) is 70.6. The van der Waals surface area contributed by atoms with Crippen molar-refractivity contribution in [3.63, 3.8) is 0 Å². The molecule has 150 heavy (non-hydrogen) atoms. The molecule has 4 N–H and O–H groups in total. The SMILES string of the molecule is CC(C)(C)c1cc(-c2ccccc2)c(O)c(-c2nc(-c3c(Cl)cccc3Cl)no2)c1.CC(C)(C)c1cc(-c2ccccc2)c(O)c(-c2nc(-c3c(Cl)cccc3Cl)no2)c1.CC(C)(C)c1cc(-c2ccccc2)c(O)c(-c2nc(-c3c(Cl)cccc3Cl)no2)c1.CC(C)(C)c1cc(-c2ccccc2)c(O)c(-c2nc(-c3c(Cl)cccc3Cl)no2)c1.[CH2-]c1ccccc1.[CH2-]c1ccccc1.[CH2-]c1ccccc1.[CH2-]c1ccccc1.[Hf].[Zr+2]. The third-order valence-corrected chi connectivity index (χ3v) is 25.5.